The summed E-state index contributed by atoms with van der Waals surface area (Å²) in [5, 5.41) is 10.5. The summed E-state index contributed by atoms with van der Waals surface area (Å²) in [4.78, 5) is 25.2. The number of nitrogens with one attached hydrogen (secondary N) is 3. The molecule has 0 spiro atoms. The van der Waals surface area contributed by atoms with E-state index in [4.69, 9.17) is 0 Å². The van der Waals surface area contributed by atoms with Gasteiger partial charge in [0.05, 0.1) is 17.4 Å². The Kier molecular flexibility index (Phi) is 2.60. The van der Waals surface area contributed by atoms with E-state index < -0.39 is 0 Å². The standard InChI is InChI=1S/C13H10N4O2/c18-7-10-3-4-11(15-10)13(19)16-9-2-1-8-6-14-17-12(8)5-9/h1-7,15H,(H,14,17)(H,16,19). The molecule has 3 N–H and O–H groups in total. The largest absolute Gasteiger partial charge is 0.348 e. The van der Waals surface area contributed by atoms with Gasteiger partial charge >= 0.3 is 0 Å². The minimum Gasteiger partial charge on any atom is -0.348 e. The minimum atomic E-state index is -0.299. The zero-order chi connectivity index (χ0) is 13.2. The van der Waals surface area contributed by atoms with Crippen LogP contribution in [0.3, 0.4) is 0 Å². The van der Waals surface area contributed by atoms with Gasteiger partial charge in [-0.15, -0.1) is 0 Å². The summed E-state index contributed by atoms with van der Waals surface area (Å²) in [6.07, 6.45) is 2.37. The van der Waals surface area contributed by atoms with E-state index in [0.29, 0.717) is 23.4 Å². The van der Waals surface area contributed by atoms with Crippen molar-refractivity contribution < 1.29 is 9.59 Å². The third-order valence-corrected chi connectivity index (χ3v) is 2.78. The summed E-state index contributed by atoms with van der Waals surface area (Å²) in [6.45, 7) is 0. The van der Waals surface area contributed by atoms with Gasteiger partial charge in [0.15, 0.2) is 6.29 Å². The van der Waals surface area contributed by atoms with Crippen LogP contribution in [-0.4, -0.2) is 27.4 Å². The van der Waals surface area contributed by atoms with Crippen molar-refractivity contribution in [1.29, 1.82) is 0 Å². The number of benzene rings is 1. The number of nitrogens with zero attached hydrogens (tertiary/aromatic N) is 1. The van der Waals surface area contributed by atoms with Gasteiger partial charge in [0.1, 0.15) is 5.69 Å². The molecule has 0 unspecified atom stereocenters. The van der Waals surface area contributed by atoms with Gasteiger partial charge in [0.25, 0.3) is 5.91 Å². The summed E-state index contributed by atoms with van der Waals surface area (Å²) in [6, 6.07) is 8.57. The fraction of sp³-hybridized carbons (Fsp3) is 0. The van der Waals surface area contributed by atoms with E-state index in [-0.39, 0.29) is 5.91 Å². The number of anilines is 1. The van der Waals surface area contributed by atoms with Crippen LogP contribution in [0.2, 0.25) is 0 Å². The van der Waals surface area contributed by atoms with E-state index in [2.05, 4.69) is 20.5 Å². The van der Waals surface area contributed by atoms with Crippen LogP contribution in [0, 0.1) is 0 Å². The molecule has 0 saturated carbocycles. The van der Waals surface area contributed by atoms with E-state index in [1.54, 1.807) is 30.5 Å². The molecule has 6 nitrogen and oxygen atoms in total. The molecule has 94 valence electrons. The van der Waals surface area contributed by atoms with Crippen molar-refractivity contribution in [2.24, 2.45) is 0 Å². The zero-order valence-corrected chi connectivity index (χ0v) is 9.81. The normalized spacial score (nSPS) is 10.5. The molecule has 1 amide bonds. The Bertz CT molecular complexity index is 757. The molecule has 1 aromatic carbocycles. The molecule has 3 aromatic rings. The first-order valence-corrected chi connectivity index (χ1v) is 5.65. The average molecular weight is 254 g/mol. The van der Waals surface area contributed by atoms with Gasteiger partial charge in [-0.1, -0.05) is 0 Å². The van der Waals surface area contributed by atoms with E-state index >= 15 is 0 Å². The third kappa shape index (κ3) is 2.11. The number of amides is 1. The zero-order valence-electron chi connectivity index (χ0n) is 9.81. The van der Waals surface area contributed by atoms with Crippen LogP contribution in [0.25, 0.3) is 10.9 Å². The number of aromatic amines is 2. The maximum absolute atomic E-state index is 11.9. The molecule has 0 fully saturated rings. The molecule has 0 saturated heterocycles. The molecule has 0 bridgehead atoms. The molecule has 0 aliphatic carbocycles. The number of hydrogen-bond donors (Lipinski definition) is 3. The monoisotopic (exact) mass is 254 g/mol. The predicted octanol–water partition coefficient (Wildman–Crippen LogP) is 1.96. The molecule has 6 heteroatoms. The van der Waals surface area contributed by atoms with Crippen molar-refractivity contribution in [2.75, 3.05) is 5.32 Å². The highest BCUT2D eigenvalue weighted by molar-refractivity contribution is 6.04. The Balaban J connectivity index is 1.83. The lowest BCUT2D eigenvalue weighted by molar-refractivity contribution is 0.102. The summed E-state index contributed by atoms with van der Waals surface area (Å²) < 4.78 is 0. The Morgan fingerprint density at radius 3 is 2.95 bits per heavy atom. The number of H-pyrrole nitrogens is 2. The Hall–Kier alpha value is -2.89. The van der Waals surface area contributed by atoms with Crippen molar-refractivity contribution in [2.45, 2.75) is 0 Å². The smallest absolute Gasteiger partial charge is 0.272 e. The lowest BCUT2D eigenvalue weighted by atomic mass is 10.2. The van der Waals surface area contributed by atoms with Crippen LogP contribution >= 0.6 is 0 Å². The van der Waals surface area contributed by atoms with Crippen LogP contribution < -0.4 is 5.32 Å². The first kappa shape index (κ1) is 11.2. The highest BCUT2D eigenvalue weighted by Gasteiger charge is 2.09. The highest BCUT2D eigenvalue weighted by Crippen LogP contribution is 2.17. The Morgan fingerprint density at radius 1 is 1.26 bits per heavy atom. The first-order valence-electron chi connectivity index (χ1n) is 5.65. The van der Waals surface area contributed by atoms with E-state index in [0.717, 1.165) is 10.9 Å². The van der Waals surface area contributed by atoms with Crippen LogP contribution in [-0.2, 0) is 0 Å². The van der Waals surface area contributed by atoms with E-state index in [1.165, 1.54) is 0 Å². The summed E-state index contributed by atoms with van der Waals surface area (Å²) in [7, 11) is 0. The molecule has 0 aliphatic heterocycles. The number of aldehydes is 1. The van der Waals surface area contributed by atoms with Crippen LogP contribution in [0.4, 0.5) is 5.69 Å². The van der Waals surface area contributed by atoms with Crippen molar-refractivity contribution in [3.63, 3.8) is 0 Å². The first-order chi connectivity index (χ1) is 9.26. The van der Waals surface area contributed by atoms with E-state index in [1.807, 2.05) is 6.07 Å². The Morgan fingerprint density at radius 2 is 2.16 bits per heavy atom. The van der Waals surface area contributed by atoms with Crippen molar-refractivity contribution in [3.05, 3.63) is 47.9 Å². The van der Waals surface area contributed by atoms with Gasteiger partial charge in [-0.25, -0.2) is 0 Å². The van der Waals surface area contributed by atoms with Crippen LogP contribution in [0.15, 0.2) is 36.5 Å². The molecule has 0 atom stereocenters. The number of fused-ring (bicyclic) bond motifs is 1. The maximum Gasteiger partial charge on any atom is 0.272 e. The molecule has 2 aromatic heterocycles. The van der Waals surface area contributed by atoms with Gasteiger partial charge in [-0.05, 0) is 30.3 Å². The lowest BCUT2D eigenvalue weighted by Crippen LogP contribution is -2.12. The van der Waals surface area contributed by atoms with Crippen LogP contribution in [0.1, 0.15) is 21.0 Å². The van der Waals surface area contributed by atoms with Gasteiger partial charge in [0, 0.05) is 11.1 Å². The minimum absolute atomic E-state index is 0.299. The average Bonchev–Trinajstić information content (AvgIpc) is 3.06. The predicted molar refractivity (Wildman–Crippen MR) is 70.2 cm³/mol. The van der Waals surface area contributed by atoms with Crippen molar-refractivity contribution in [1.82, 2.24) is 15.2 Å². The Labute approximate surface area is 107 Å². The molecular weight excluding hydrogens is 244 g/mol. The van der Waals surface area contributed by atoms with E-state index in [9.17, 15) is 9.59 Å². The molecule has 19 heavy (non-hydrogen) atoms. The number of rotatable bonds is 3. The topological polar surface area (TPSA) is 90.6 Å². The second-order valence-corrected chi connectivity index (χ2v) is 4.07. The van der Waals surface area contributed by atoms with Gasteiger partial charge in [-0.3, -0.25) is 14.7 Å². The maximum atomic E-state index is 11.9. The highest BCUT2D eigenvalue weighted by atomic mass is 16.2. The second kappa shape index (κ2) is 4.41. The number of carbonyl (C=O) groups excluding carboxylic acids is 2. The van der Waals surface area contributed by atoms with Crippen molar-refractivity contribution >= 4 is 28.8 Å². The fourth-order valence-electron chi connectivity index (χ4n) is 1.83. The number of hydrogen-bond acceptors (Lipinski definition) is 3. The SMILES string of the molecule is O=Cc1ccc(C(=O)Nc2ccc3cn[nH]c3c2)[nH]1. The summed E-state index contributed by atoms with van der Waals surface area (Å²) in [5.74, 6) is -0.299. The van der Waals surface area contributed by atoms with Gasteiger partial charge < -0.3 is 10.3 Å². The van der Waals surface area contributed by atoms with Gasteiger partial charge in [0.2, 0.25) is 0 Å². The fourth-order valence-corrected chi connectivity index (χ4v) is 1.83. The van der Waals surface area contributed by atoms with Crippen LogP contribution in [0.5, 0.6) is 0 Å². The summed E-state index contributed by atoms with van der Waals surface area (Å²) in [5.41, 5.74) is 2.21. The molecule has 0 radical (unpaired) electrons. The number of carbonyl (C=O) groups is 2. The molecule has 0 aliphatic rings. The van der Waals surface area contributed by atoms with Gasteiger partial charge in [-0.2, -0.15) is 5.10 Å². The summed E-state index contributed by atoms with van der Waals surface area (Å²) >= 11 is 0. The number of aromatic nitrogens is 3. The van der Waals surface area contributed by atoms with Crippen molar-refractivity contribution in [3.8, 4) is 0 Å². The molecule has 2 heterocycles. The second-order valence-electron chi connectivity index (χ2n) is 4.07. The third-order valence-electron chi connectivity index (χ3n) is 2.78. The molecule has 3 rings (SSSR count). The molecular formula is C13H10N4O2. The quantitative estimate of drug-likeness (QED) is 0.624. The lowest BCUT2D eigenvalue weighted by Gasteiger charge is -2.03.